The number of methoxy groups -OCH3 is 1. The van der Waals surface area contributed by atoms with Gasteiger partial charge in [0.25, 0.3) is 0 Å². The third kappa shape index (κ3) is 4.52. The molecule has 22 heavy (non-hydrogen) atoms. The highest BCUT2D eigenvalue weighted by Gasteiger charge is 2.07. The minimum absolute atomic E-state index is 0.153. The predicted octanol–water partition coefficient (Wildman–Crippen LogP) is 5.44. The summed E-state index contributed by atoms with van der Waals surface area (Å²) in [6.45, 7) is 14.1. The van der Waals surface area contributed by atoms with Crippen LogP contribution in [0.4, 0.5) is 0 Å². The van der Waals surface area contributed by atoms with Crippen LogP contribution in [0.25, 0.3) is 5.57 Å². The van der Waals surface area contributed by atoms with Crippen molar-refractivity contribution in [3.8, 4) is 11.5 Å². The van der Waals surface area contributed by atoms with Crippen LogP contribution in [0.2, 0.25) is 0 Å². The summed E-state index contributed by atoms with van der Waals surface area (Å²) in [6.07, 6.45) is 7.91. The molecule has 1 aromatic rings. The molecule has 0 atom stereocenters. The fraction of sp³-hybridized carbons (Fsp3) is 0.200. The Labute approximate surface area is 133 Å². The van der Waals surface area contributed by atoms with E-state index in [0.29, 0.717) is 11.3 Å². The van der Waals surface area contributed by atoms with Gasteiger partial charge in [0.15, 0.2) is 0 Å². The first kappa shape index (κ1) is 17.6. The lowest BCUT2D eigenvalue weighted by molar-refractivity contribution is 0.407. The maximum absolute atomic E-state index is 10.1. The Morgan fingerprint density at radius 2 is 1.86 bits per heavy atom. The van der Waals surface area contributed by atoms with E-state index < -0.39 is 0 Å². The van der Waals surface area contributed by atoms with Crippen LogP contribution in [0.15, 0.2) is 72.4 Å². The van der Waals surface area contributed by atoms with E-state index in [1.807, 2.05) is 45.1 Å². The maximum atomic E-state index is 10.1. The van der Waals surface area contributed by atoms with E-state index in [9.17, 15) is 5.11 Å². The lowest BCUT2D eigenvalue weighted by Crippen LogP contribution is -1.89. The number of hydrogen-bond acceptors (Lipinski definition) is 2. The molecule has 1 aromatic carbocycles. The van der Waals surface area contributed by atoms with Crippen molar-refractivity contribution < 1.29 is 9.84 Å². The molecule has 116 valence electrons. The van der Waals surface area contributed by atoms with Crippen molar-refractivity contribution in [2.24, 2.45) is 0 Å². The summed E-state index contributed by atoms with van der Waals surface area (Å²) in [5.74, 6) is 0.768. The first-order valence-corrected chi connectivity index (χ1v) is 7.14. The minimum Gasteiger partial charge on any atom is -0.507 e. The van der Waals surface area contributed by atoms with Crippen molar-refractivity contribution in [3.05, 3.63) is 77.9 Å². The number of benzene rings is 1. The molecular weight excluding hydrogens is 272 g/mol. The van der Waals surface area contributed by atoms with E-state index in [0.717, 1.165) is 22.3 Å². The summed E-state index contributed by atoms with van der Waals surface area (Å²) < 4.78 is 5.08. The Morgan fingerprint density at radius 3 is 2.41 bits per heavy atom. The summed E-state index contributed by atoms with van der Waals surface area (Å²) >= 11 is 0. The Balaban J connectivity index is 3.01. The second-order valence-corrected chi connectivity index (χ2v) is 5.09. The van der Waals surface area contributed by atoms with Crippen LogP contribution >= 0.6 is 0 Å². The minimum atomic E-state index is 0.153. The van der Waals surface area contributed by atoms with Crippen LogP contribution in [-0.4, -0.2) is 12.2 Å². The van der Waals surface area contributed by atoms with Crippen molar-refractivity contribution in [3.63, 3.8) is 0 Å². The van der Waals surface area contributed by atoms with E-state index in [2.05, 4.69) is 13.2 Å². The molecule has 2 heteroatoms. The Hall–Kier alpha value is -2.48. The van der Waals surface area contributed by atoms with E-state index in [1.54, 1.807) is 25.3 Å². The highest BCUT2D eigenvalue weighted by molar-refractivity contribution is 5.78. The summed E-state index contributed by atoms with van der Waals surface area (Å²) in [4.78, 5) is 0. The first-order valence-electron chi connectivity index (χ1n) is 7.14. The number of phenolic OH excluding ortho intramolecular Hbond substituents is 1. The van der Waals surface area contributed by atoms with Crippen LogP contribution in [0.3, 0.4) is 0 Å². The second kappa shape index (κ2) is 8.08. The van der Waals surface area contributed by atoms with E-state index in [-0.39, 0.29) is 5.75 Å². The fourth-order valence-electron chi connectivity index (χ4n) is 1.99. The quantitative estimate of drug-likeness (QED) is 0.708. The number of phenols is 1. The van der Waals surface area contributed by atoms with Gasteiger partial charge in [0, 0.05) is 11.6 Å². The summed E-state index contributed by atoms with van der Waals surface area (Å²) in [5.41, 5.74) is 4.48. The van der Waals surface area contributed by atoms with Crippen LogP contribution in [-0.2, 0) is 0 Å². The zero-order valence-electron chi connectivity index (χ0n) is 13.8. The summed E-state index contributed by atoms with van der Waals surface area (Å²) in [7, 11) is 1.57. The Kier molecular flexibility index (Phi) is 6.46. The van der Waals surface area contributed by atoms with Crippen LogP contribution in [0.5, 0.6) is 11.5 Å². The van der Waals surface area contributed by atoms with E-state index >= 15 is 0 Å². The van der Waals surface area contributed by atoms with Gasteiger partial charge in [-0.25, -0.2) is 0 Å². The lowest BCUT2D eigenvalue weighted by Gasteiger charge is -2.10. The number of hydrogen-bond donors (Lipinski definition) is 1. The average Bonchev–Trinajstić information content (AvgIpc) is 2.51. The third-order valence-corrected chi connectivity index (χ3v) is 3.43. The number of rotatable bonds is 6. The fourth-order valence-corrected chi connectivity index (χ4v) is 1.99. The monoisotopic (exact) mass is 296 g/mol. The molecule has 0 unspecified atom stereocenters. The standard InChI is InChI=1S/C20H24O2/c1-7-8-9-14(2)17(5)15(3)12-16(4)19-11-10-18(22-6)13-20(19)21/h7-13,21H,4-5H2,1-3,6H3/b8-7-,14-9-,15-12+. The molecule has 0 bridgehead atoms. The third-order valence-electron chi connectivity index (χ3n) is 3.43. The first-order chi connectivity index (χ1) is 10.4. The van der Waals surface area contributed by atoms with Gasteiger partial charge in [-0.2, -0.15) is 0 Å². The van der Waals surface area contributed by atoms with Gasteiger partial charge in [-0.05, 0) is 55.2 Å². The van der Waals surface area contributed by atoms with Gasteiger partial charge < -0.3 is 9.84 Å². The van der Waals surface area contributed by atoms with Crippen molar-refractivity contribution >= 4 is 5.57 Å². The zero-order chi connectivity index (χ0) is 16.7. The molecule has 0 aliphatic carbocycles. The van der Waals surface area contributed by atoms with Crippen LogP contribution < -0.4 is 4.74 Å². The maximum Gasteiger partial charge on any atom is 0.127 e. The summed E-state index contributed by atoms with van der Waals surface area (Å²) in [6, 6.07) is 5.18. The number of allylic oxidation sites excluding steroid dienone is 8. The molecule has 0 fully saturated rings. The molecule has 0 radical (unpaired) electrons. The van der Waals surface area contributed by atoms with Gasteiger partial charge in [-0.1, -0.05) is 37.5 Å². The smallest absolute Gasteiger partial charge is 0.127 e. The molecule has 0 aliphatic heterocycles. The molecule has 0 saturated heterocycles. The predicted molar refractivity (Wildman–Crippen MR) is 95.2 cm³/mol. The second-order valence-electron chi connectivity index (χ2n) is 5.09. The molecule has 1 N–H and O–H groups in total. The van der Waals surface area contributed by atoms with Crippen LogP contribution in [0.1, 0.15) is 26.3 Å². The normalized spacial score (nSPS) is 12.5. The Morgan fingerprint density at radius 1 is 1.18 bits per heavy atom. The zero-order valence-corrected chi connectivity index (χ0v) is 13.8. The van der Waals surface area contributed by atoms with E-state index in [1.165, 1.54) is 0 Å². The number of ether oxygens (including phenoxy) is 1. The molecule has 0 amide bonds. The molecule has 0 heterocycles. The van der Waals surface area contributed by atoms with Gasteiger partial charge in [0.1, 0.15) is 11.5 Å². The Bertz CT molecular complexity index is 658. The topological polar surface area (TPSA) is 29.5 Å². The largest absolute Gasteiger partial charge is 0.507 e. The van der Waals surface area contributed by atoms with Gasteiger partial charge in [-0.3, -0.25) is 0 Å². The van der Waals surface area contributed by atoms with Gasteiger partial charge in [0.2, 0.25) is 0 Å². The highest BCUT2D eigenvalue weighted by atomic mass is 16.5. The van der Waals surface area contributed by atoms with Crippen molar-refractivity contribution in [2.45, 2.75) is 20.8 Å². The molecular formula is C20H24O2. The molecule has 0 aliphatic rings. The van der Waals surface area contributed by atoms with Gasteiger partial charge >= 0.3 is 0 Å². The molecule has 2 nitrogen and oxygen atoms in total. The molecule has 0 saturated carbocycles. The molecule has 1 rings (SSSR count). The van der Waals surface area contributed by atoms with Crippen molar-refractivity contribution in [2.75, 3.05) is 7.11 Å². The van der Waals surface area contributed by atoms with E-state index in [4.69, 9.17) is 4.74 Å². The van der Waals surface area contributed by atoms with Crippen LogP contribution in [0, 0.1) is 0 Å². The molecule has 0 aromatic heterocycles. The van der Waals surface area contributed by atoms with Crippen molar-refractivity contribution in [1.82, 2.24) is 0 Å². The highest BCUT2D eigenvalue weighted by Crippen LogP contribution is 2.30. The van der Waals surface area contributed by atoms with Gasteiger partial charge in [-0.15, -0.1) is 0 Å². The summed E-state index contributed by atoms with van der Waals surface area (Å²) in [5, 5.41) is 10.1. The SMILES string of the molecule is C=C(/C(C)=C\C=C/C)/C(C)=C/C(=C)c1ccc(OC)cc1O. The van der Waals surface area contributed by atoms with Crippen molar-refractivity contribution in [1.29, 1.82) is 0 Å². The lowest BCUT2D eigenvalue weighted by atomic mass is 9.97. The molecule has 0 spiro atoms. The number of aromatic hydroxyl groups is 1. The van der Waals surface area contributed by atoms with Gasteiger partial charge in [0.05, 0.1) is 7.11 Å². The average molecular weight is 296 g/mol.